The third-order valence-electron chi connectivity index (χ3n) is 8.48. The minimum absolute atomic E-state index is 0.711. The Morgan fingerprint density at radius 1 is 0.287 bits per heavy atom. The average Bonchev–Trinajstić information content (AvgIpc) is 3.88. The average molecular weight is 1080 g/mol. The Morgan fingerprint density at radius 3 is 1.19 bits per heavy atom. The molecule has 0 saturated carbocycles. The van der Waals surface area contributed by atoms with Gasteiger partial charge in [0.15, 0.2) is 0 Å². The van der Waals surface area contributed by atoms with Gasteiger partial charge in [0.2, 0.25) is 0 Å². The van der Waals surface area contributed by atoms with Crippen molar-refractivity contribution in [3.05, 3.63) is 255 Å². The van der Waals surface area contributed by atoms with Crippen LogP contribution >= 0.6 is 0 Å². The van der Waals surface area contributed by atoms with E-state index >= 15 is 0 Å². The van der Waals surface area contributed by atoms with Gasteiger partial charge in [0, 0.05) is 92.5 Å². The fourth-order valence-corrected chi connectivity index (χ4v) is 4.58. The summed E-state index contributed by atoms with van der Waals surface area (Å²) in [5.41, 5.74) is 7.51. The van der Waals surface area contributed by atoms with Crippen LogP contribution < -0.4 is 0 Å². The molecule has 0 fully saturated rings. The van der Waals surface area contributed by atoms with Crippen LogP contribution in [0.1, 0.15) is 57.1 Å². The van der Waals surface area contributed by atoms with Crippen LogP contribution in [0.3, 0.4) is 0 Å². The van der Waals surface area contributed by atoms with Crippen LogP contribution in [0.25, 0.3) is 10.9 Å². The summed E-state index contributed by atoms with van der Waals surface area (Å²) in [6, 6.07) is 17.7. The Hall–Kier alpha value is -10.7. The lowest BCUT2D eigenvalue weighted by molar-refractivity contribution is 0.797. The van der Waals surface area contributed by atoms with E-state index in [0.29, 0.717) is 5.82 Å². The maximum absolute atomic E-state index is 4.11. The number of aryl methyl sites for hydroxylation is 11. The Balaban J connectivity index is 0.000000301. The van der Waals surface area contributed by atoms with E-state index in [-0.39, 0.29) is 0 Å². The standard InChI is InChI=1S/C8H8N2.C6H7N.5C5H6N2.4C4H5N3/c1-10-8-5-3-2-4-7(8)6-9-10;1-6-2-4-7-5-3-6;1-5-2-6-4-7-3-5;1-5-4-6-2-3-7-5;1-5-2-3-6-4-7-5;1-5-2-3-6-7-4-5;1-5-6-3-2-4-7-5;2*1-4-6-2-5-3-7-4;1-4-2-5-3-6-7-4;1-4-5-2-3-6-7-4/h2-6H,1H3;2-5H,1H3;5*2-4H,1H3;4*2-3H,1H3. The number of nitrogens with zero attached hydrogens (tertiary/aromatic N) is 25. The molecule has 12 rings (SSSR count). The largest absolute Gasteiger partial charge is 0.268 e. The van der Waals surface area contributed by atoms with Crippen LogP contribution in [-0.2, 0) is 7.05 Å². The molecule has 0 aliphatic rings. The summed E-state index contributed by atoms with van der Waals surface area (Å²) in [5.74, 6) is 3.05. The minimum Gasteiger partial charge on any atom is -0.268 e. The molecule has 11 aromatic heterocycles. The zero-order valence-electron chi connectivity index (χ0n) is 46.7. The van der Waals surface area contributed by atoms with E-state index < -0.39 is 0 Å². The molecule has 1 aromatic carbocycles. The lowest BCUT2D eigenvalue weighted by Crippen LogP contribution is -1.87. The molecule has 410 valence electrons. The predicted octanol–water partition coefficient (Wildman–Crippen LogP) is 7.61. The van der Waals surface area contributed by atoms with Gasteiger partial charge < -0.3 is 0 Å². The lowest BCUT2D eigenvalue weighted by atomic mass is 10.3. The molecule has 80 heavy (non-hydrogen) atoms. The van der Waals surface area contributed by atoms with Crippen molar-refractivity contribution >= 4 is 10.9 Å². The zero-order valence-corrected chi connectivity index (χ0v) is 46.7. The van der Waals surface area contributed by atoms with Crippen LogP contribution in [0.5, 0.6) is 0 Å². The Morgan fingerprint density at radius 2 is 0.863 bits per heavy atom. The topological polar surface area (TPSA) is 314 Å². The van der Waals surface area contributed by atoms with Gasteiger partial charge in [0.1, 0.15) is 67.6 Å². The van der Waals surface area contributed by atoms with E-state index in [2.05, 4.69) is 133 Å². The number of aromatic nitrogens is 25. The molecule has 0 radical (unpaired) electrons. The van der Waals surface area contributed by atoms with Gasteiger partial charge in [0.05, 0.1) is 41.7 Å². The smallest absolute Gasteiger partial charge is 0.147 e. The molecule has 0 unspecified atom stereocenters. The summed E-state index contributed by atoms with van der Waals surface area (Å²) in [6.07, 6.45) is 37.8. The monoisotopic (exact) mass is 1080 g/mol. The molecule has 25 heteroatoms. The van der Waals surface area contributed by atoms with Crippen molar-refractivity contribution in [3.63, 3.8) is 0 Å². The number of para-hydroxylation sites is 1. The second-order valence-electron chi connectivity index (χ2n) is 15.5. The Labute approximate surface area is 465 Å². The summed E-state index contributed by atoms with van der Waals surface area (Å²) in [7, 11) is 1.95. The maximum Gasteiger partial charge on any atom is 0.147 e. The van der Waals surface area contributed by atoms with Gasteiger partial charge in [0.25, 0.3) is 0 Å². The molecule has 0 amide bonds. The fraction of sp³-hybridized carbons (Fsp3) is 0.200. The van der Waals surface area contributed by atoms with Crippen LogP contribution in [0.4, 0.5) is 0 Å². The molecule has 0 atom stereocenters. The van der Waals surface area contributed by atoms with E-state index in [0.717, 1.165) is 45.7 Å². The second kappa shape index (κ2) is 43.5. The van der Waals surface area contributed by atoms with Gasteiger partial charge in [-0.05, 0) is 122 Å². The molecule has 12 aromatic rings. The number of pyridine rings is 1. The summed E-state index contributed by atoms with van der Waals surface area (Å²) in [6.45, 7) is 19.0. The quantitative estimate of drug-likeness (QED) is 0.141. The highest BCUT2D eigenvalue weighted by Gasteiger charge is 1.94. The summed E-state index contributed by atoms with van der Waals surface area (Å²) in [4.78, 5) is 64.3. The van der Waals surface area contributed by atoms with E-state index in [1.807, 2.05) is 117 Å². The van der Waals surface area contributed by atoms with Crippen LogP contribution in [0.2, 0.25) is 0 Å². The molecular weight excluding hydrogens is 1010 g/mol. The van der Waals surface area contributed by atoms with Crippen molar-refractivity contribution in [2.45, 2.75) is 69.2 Å². The van der Waals surface area contributed by atoms with E-state index in [9.17, 15) is 0 Å². The highest BCUT2D eigenvalue weighted by Crippen LogP contribution is 2.10. The number of hydrogen-bond donors (Lipinski definition) is 0. The summed E-state index contributed by atoms with van der Waals surface area (Å²) < 4.78 is 1.87. The van der Waals surface area contributed by atoms with Crippen LogP contribution in [-0.4, -0.2) is 125 Å². The molecule has 0 spiro atoms. The van der Waals surface area contributed by atoms with Gasteiger partial charge in [-0.1, -0.05) is 18.2 Å². The number of hydrogen-bond acceptors (Lipinski definition) is 24. The van der Waals surface area contributed by atoms with E-state index in [1.54, 1.807) is 106 Å². The molecule has 11 heterocycles. The Bertz CT molecular complexity index is 2620. The molecular formula is C55H65N25. The molecule has 0 saturated heterocycles. The van der Waals surface area contributed by atoms with E-state index in [1.165, 1.54) is 60.8 Å². The first-order chi connectivity index (χ1) is 38.8. The lowest BCUT2D eigenvalue weighted by Gasteiger charge is -1.90. The maximum atomic E-state index is 4.11. The molecule has 0 N–H and O–H groups in total. The third kappa shape index (κ3) is 37.1. The van der Waals surface area contributed by atoms with Crippen molar-refractivity contribution in [2.75, 3.05) is 0 Å². The SMILES string of the molecule is Cc1ccncc1.Cc1ccncn1.Cc1ccnnc1.Cc1cnccn1.Cc1cncnc1.Cc1cncnn1.Cc1ncccn1.Cc1nccnn1.Cc1ncncn1.Cc1ncncn1.Cn1ncc2ccccc21. The van der Waals surface area contributed by atoms with Gasteiger partial charge in [-0.25, -0.2) is 69.8 Å². The van der Waals surface area contributed by atoms with Crippen molar-refractivity contribution < 1.29 is 0 Å². The molecule has 0 aliphatic heterocycles. The van der Waals surface area contributed by atoms with Crippen molar-refractivity contribution in [2.24, 2.45) is 7.05 Å². The number of rotatable bonds is 0. The van der Waals surface area contributed by atoms with Gasteiger partial charge in [-0.15, -0.1) is 10.2 Å². The van der Waals surface area contributed by atoms with Gasteiger partial charge in [-0.3, -0.25) is 19.6 Å². The molecule has 25 nitrogen and oxygen atoms in total. The predicted molar refractivity (Wildman–Crippen MR) is 302 cm³/mol. The minimum atomic E-state index is 0.711. The van der Waals surface area contributed by atoms with Crippen molar-refractivity contribution in [3.8, 4) is 0 Å². The van der Waals surface area contributed by atoms with Crippen LogP contribution in [0, 0.1) is 69.2 Å². The fourth-order valence-electron chi connectivity index (χ4n) is 4.58. The molecule has 0 aliphatic carbocycles. The highest BCUT2D eigenvalue weighted by atomic mass is 15.2. The summed E-state index contributed by atoms with van der Waals surface area (Å²) >= 11 is 0. The Kier molecular flexibility index (Phi) is 35.6. The van der Waals surface area contributed by atoms with Crippen LogP contribution in [0.15, 0.2) is 198 Å². The second-order valence-corrected chi connectivity index (χ2v) is 15.5. The third-order valence-corrected chi connectivity index (χ3v) is 8.48. The van der Waals surface area contributed by atoms with Gasteiger partial charge in [-0.2, -0.15) is 25.5 Å². The first-order valence-corrected chi connectivity index (χ1v) is 24.1. The van der Waals surface area contributed by atoms with Crippen molar-refractivity contribution in [1.82, 2.24) is 125 Å². The molecule has 0 bridgehead atoms. The van der Waals surface area contributed by atoms with E-state index in [4.69, 9.17) is 0 Å². The zero-order chi connectivity index (χ0) is 58.1. The van der Waals surface area contributed by atoms with Crippen molar-refractivity contribution in [1.29, 1.82) is 0 Å². The summed E-state index contributed by atoms with van der Waals surface area (Å²) in [5, 5.41) is 26.9. The normalized spacial score (nSPS) is 8.94. The highest BCUT2D eigenvalue weighted by molar-refractivity contribution is 5.78. The first kappa shape index (κ1) is 65.4. The number of fused-ring (bicyclic) bond motifs is 1. The van der Waals surface area contributed by atoms with Gasteiger partial charge >= 0.3 is 0 Å². The first-order valence-electron chi connectivity index (χ1n) is 24.1. The number of benzene rings is 1.